The first-order chi connectivity index (χ1) is 11.5. The third-order valence-electron chi connectivity index (χ3n) is 3.18. The van der Waals surface area contributed by atoms with E-state index >= 15 is 0 Å². The number of ether oxygens (including phenoxy) is 2. The molecule has 0 rings (SSSR count). The summed E-state index contributed by atoms with van der Waals surface area (Å²) >= 11 is 0. The van der Waals surface area contributed by atoms with E-state index in [1.165, 1.54) is 6.08 Å². The van der Waals surface area contributed by atoms with Crippen molar-refractivity contribution in [3.05, 3.63) is 48.6 Å². The van der Waals surface area contributed by atoms with Crippen molar-refractivity contribution in [1.29, 1.82) is 0 Å². The topological polar surface area (TPSA) is 72.8 Å². The van der Waals surface area contributed by atoms with E-state index < -0.39 is 24.3 Å². The molecule has 0 aliphatic heterocycles. The molecule has 1 N–H and O–H groups in total. The molecule has 0 spiro atoms. The fourth-order valence-electron chi connectivity index (χ4n) is 2.02. The number of nitrogens with zero attached hydrogens (tertiary/aromatic N) is 1. The molecule has 0 amide bonds. The lowest BCUT2D eigenvalue weighted by Gasteiger charge is -2.34. The minimum Gasteiger partial charge on any atom is -0.462 e. The zero-order valence-electron chi connectivity index (χ0n) is 15.8. The van der Waals surface area contributed by atoms with Crippen LogP contribution in [0.4, 0.5) is 0 Å². The molecule has 0 aliphatic carbocycles. The number of hydrogen-bond acceptors (Lipinski definition) is 5. The Morgan fingerprint density at radius 3 is 2.28 bits per heavy atom. The van der Waals surface area contributed by atoms with Crippen LogP contribution < -0.4 is 0 Å². The SMILES string of the molecule is C=CC=CC(=CCC(=C)C(=O)OC(C(C)O)[N+](C)(C)C)C(=O)OCC. The van der Waals surface area contributed by atoms with Gasteiger partial charge in [-0.2, -0.15) is 0 Å². The number of carbonyl (C=O) groups excluding carboxylic acids is 2. The van der Waals surface area contributed by atoms with Gasteiger partial charge in [0.25, 0.3) is 6.23 Å². The minimum absolute atomic E-state index is 0.123. The molecule has 0 fully saturated rings. The molecule has 0 aromatic rings. The largest absolute Gasteiger partial charge is 0.462 e. The second kappa shape index (κ2) is 10.6. The van der Waals surface area contributed by atoms with Crippen molar-refractivity contribution in [2.75, 3.05) is 27.7 Å². The average Bonchev–Trinajstić information content (AvgIpc) is 2.50. The normalized spacial score (nSPS) is 14.7. The Labute approximate surface area is 150 Å². The number of aliphatic hydroxyl groups excluding tert-OH is 1. The number of esters is 2. The van der Waals surface area contributed by atoms with Crippen LogP contribution in [0.25, 0.3) is 0 Å². The summed E-state index contributed by atoms with van der Waals surface area (Å²) < 4.78 is 10.6. The maximum absolute atomic E-state index is 12.2. The Hall–Kier alpha value is -2.18. The van der Waals surface area contributed by atoms with Crippen LogP contribution in [0.15, 0.2) is 48.6 Å². The molecule has 2 atom stereocenters. The van der Waals surface area contributed by atoms with Crippen LogP contribution >= 0.6 is 0 Å². The quantitative estimate of drug-likeness (QED) is 0.214. The first kappa shape index (κ1) is 22.8. The van der Waals surface area contributed by atoms with Crippen LogP contribution in [0.1, 0.15) is 20.3 Å². The van der Waals surface area contributed by atoms with Crippen molar-refractivity contribution < 1.29 is 28.7 Å². The van der Waals surface area contributed by atoms with Crippen molar-refractivity contribution in [3.8, 4) is 0 Å². The highest BCUT2D eigenvalue weighted by molar-refractivity contribution is 5.92. The predicted octanol–water partition coefficient (Wildman–Crippen LogP) is 2.12. The molecule has 0 saturated carbocycles. The molecule has 0 heterocycles. The highest BCUT2D eigenvalue weighted by atomic mass is 16.6. The number of allylic oxidation sites excluding steroid dienone is 3. The summed E-state index contributed by atoms with van der Waals surface area (Å²) in [4.78, 5) is 24.1. The second-order valence-electron chi connectivity index (χ2n) is 6.44. The molecule has 0 saturated heterocycles. The summed E-state index contributed by atoms with van der Waals surface area (Å²) in [5.74, 6) is -1.11. The minimum atomic E-state index is -0.835. The van der Waals surface area contributed by atoms with Gasteiger partial charge in [-0.25, -0.2) is 9.59 Å². The zero-order chi connectivity index (χ0) is 19.6. The highest BCUT2D eigenvalue weighted by Gasteiger charge is 2.33. The Kier molecular flexibility index (Phi) is 9.71. The molecule has 6 nitrogen and oxygen atoms in total. The number of quaternary nitrogens is 1. The summed E-state index contributed by atoms with van der Waals surface area (Å²) in [6.45, 7) is 10.8. The fraction of sp³-hybridized carbons (Fsp3) is 0.474. The first-order valence-electron chi connectivity index (χ1n) is 8.08. The Morgan fingerprint density at radius 1 is 1.24 bits per heavy atom. The molecule has 0 radical (unpaired) electrons. The molecule has 0 bridgehead atoms. The molecule has 6 heteroatoms. The number of carbonyl (C=O) groups is 2. The molecular formula is C19H30NO5+. The molecule has 25 heavy (non-hydrogen) atoms. The van der Waals surface area contributed by atoms with Gasteiger partial charge in [0.2, 0.25) is 0 Å². The van der Waals surface area contributed by atoms with Gasteiger partial charge in [0.05, 0.1) is 33.3 Å². The summed E-state index contributed by atoms with van der Waals surface area (Å²) in [6, 6.07) is 0. The molecule has 0 aromatic carbocycles. The zero-order valence-corrected chi connectivity index (χ0v) is 15.8. The number of likely N-dealkylation sites (N-methyl/N-ethyl adjacent to an activating group) is 1. The lowest BCUT2D eigenvalue weighted by Crippen LogP contribution is -2.53. The smallest absolute Gasteiger partial charge is 0.338 e. The maximum atomic E-state index is 12.2. The molecule has 0 aliphatic rings. The van der Waals surface area contributed by atoms with Gasteiger partial charge >= 0.3 is 11.9 Å². The van der Waals surface area contributed by atoms with Gasteiger partial charge in [0.15, 0.2) is 0 Å². The van der Waals surface area contributed by atoms with E-state index in [1.807, 2.05) is 21.1 Å². The standard InChI is InChI=1S/C19H30NO5/c1-8-10-11-16(19(23)24-9-2)13-12-14(3)18(22)25-17(15(4)21)20(5,6)7/h8,10-11,13,15,17,21H,1,3,9,12H2,2,4-7H3/q+1. The van der Waals surface area contributed by atoms with Crippen LogP contribution in [0.3, 0.4) is 0 Å². The maximum Gasteiger partial charge on any atom is 0.338 e. The van der Waals surface area contributed by atoms with Crippen molar-refractivity contribution >= 4 is 11.9 Å². The van der Waals surface area contributed by atoms with Gasteiger partial charge in [-0.15, -0.1) is 0 Å². The van der Waals surface area contributed by atoms with E-state index in [4.69, 9.17) is 9.47 Å². The van der Waals surface area contributed by atoms with E-state index in [0.29, 0.717) is 5.57 Å². The average molecular weight is 352 g/mol. The van der Waals surface area contributed by atoms with E-state index in [2.05, 4.69) is 13.2 Å². The van der Waals surface area contributed by atoms with Crippen LogP contribution in [-0.4, -0.2) is 61.6 Å². The van der Waals surface area contributed by atoms with Crippen LogP contribution in [0, 0.1) is 0 Å². The van der Waals surface area contributed by atoms with Crippen molar-refractivity contribution in [2.45, 2.75) is 32.6 Å². The van der Waals surface area contributed by atoms with Crippen molar-refractivity contribution in [3.63, 3.8) is 0 Å². The van der Waals surface area contributed by atoms with E-state index in [1.54, 1.807) is 32.1 Å². The lowest BCUT2D eigenvalue weighted by atomic mass is 10.1. The molecular weight excluding hydrogens is 322 g/mol. The van der Waals surface area contributed by atoms with Crippen LogP contribution in [0.5, 0.6) is 0 Å². The van der Waals surface area contributed by atoms with Gasteiger partial charge in [0.1, 0.15) is 6.10 Å². The lowest BCUT2D eigenvalue weighted by molar-refractivity contribution is -0.920. The van der Waals surface area contributed by atoms with Gasteiger partial charge in [0, 0.05) is 5.57 Å². The summed E-state index contributed by atoms with van der Waals surface area (Å²) in [5.41, 5.74) is 0.474. The second-order valence-corrected chi connectivity index (χ2v) is 6.44. The summed E-state index contributed by atoms with van der Waals surface area (Å²) in [7, 11) is 5.44. The molecule has 0 aromatic heterocycles. The van der Waals surface area contributed by atoms with Crippen molar-refractivity contribution in [1.82, 2.24) is 0 Å². The van der Waals surface area contributed by atoms with Gasteiger partial charge < -0.3 is 14.6 Å². The monoisotopic (exact) mass is 352 g/mol. The molecule has 140 valence electrons. The number of rotatable bonds is 10. The molecule has 2 unspecified atom stereocenters. The van der Waals surface area contributed by atoms with Gasteiger partial charge in [-0.1, -0.05) is 31.4 Å². The summed E-state index contributed by atoms with van der Waals surface area (Å²) in [6.07, 6.45) is 4.79. The predicted molar refractivity (Wildman–Crippen MR) is 97.4 cm³/mol. The van der Waals surface area contributed by atoms with E-state index in [0.717, 1.165) is 0 Å². The third kappa shape index (κ3) is 8.47. The van der Waals surface area contributed by atoms with Crippen LogP contribution in [0.2, 0.25) is 0 Å². The Morgan fingerprint density at radius 2 is 1.84 bits per heavy atom. The van der Waals surface area contributed by atoms with E-state index in [9.17, 15) is 14.7 Å². The fourth-order valence-corrected chi connectivity index (χ4v) is 2.02. The third-order valence-corrected chi connectivity index (χ3v) is 3.18. The number of hydrogen-bond donors (Lipinski definition) is 1. The van der Waals surface area contributed by atoms with E-state index in [-0.39, 0.29) is 23.1 Å². The van der Waals surface area contributed by atoms with Crippen LogP contribution in [-0.2, 0) is 19.1 Å². The van der Waals surface area contributed by atoms with Gasteiger partial charge in [-0.05, 0) is 26.3 Å². The first-order valence-corrected chi connectivity index (χ1v) is 8.08. The highest BCUT2D eigenvalue weighted by Crippen LogP contribution is 2.15. The Balaban J connectivity index is 5.09. The summed E-state index contributed by atoms with van der Waals surface area (Å²) in [5, 5.41) is 9.81. The van der Waals surface area contributed by atoms with Gasteiger partial charge in [-0.3, -0.25) is 4.48 Å². The van der Waals surface area contributed by atoms with Crippen molar-refractivity contribution in [2.24, 2.45) is 0 Å². The Bertz CT molecular complexity index is 553. The number of aliphatic hydroxyl groups is 1.